The van der Waals surface area contributed by atoms with Gasteiger partial charge in [-0.2, -0.15) is 0 Å². The Morgan fingerprint density at radius 1 is 1.22 bits per heavy atom. The third kappa shape index (κ3) is 5.72. The molecular weight excluding hydrogens is 313 g/mol. The van der Waals surface area contributed by atoms with Crippen LogP contribution in [0.2, 0.25) is 0 Å². The molecule has 1 atom stereocenters. The van der Waals surface area contributed by atoms with Gasteiger partial charge in [0.2, 0.25) is 0 Å². The van der Waals surface area contributed by atoms with E-state index in [9.17, 15) is 22.8 Å². The normalized spacial score (nSPS) is 12.4. The van der Waals surface area contributed by atoms with Gasteiger partial charge >= 0.3 is 6.09 Å². The van der Waals surface area contributed by atoms with Gasteiger partial charge in [0.25, 0.3) is 0 Å². The minimum Gasteiger partial charge on any atom is -0.444 e. The SMILES string of the molecule is CC(C)(C)OC(=O)NC(Cc1cc(F)c(F)cc1F)C(=O)C=N. The van der Waals surface area contributed by atoms with Gasteiger partial charge in [-0.05, 0) is 32.4 Å². The second kappa shape index (κ2) is 7.26. The second-order valence-corrected chi connectivity index (χ2v) is 5.81. The fraction of sp³-hybridized carbons (Fsp3) is 0.400. The molecule has 0 aliphatic rings. The Kier molecular flexibility index (Phi) is 5.89. The summed E-state index contributed by atoms with van der Waals surface area (Å²) >= 11 is 0. The number of benzene rings is 1. The molecule has 126 valence electrons. The van der Waals surface area contributed by atoms with Gasteiger partial charge in [0, 0.05) is 12.5 Å². The Balaban J connectivity index is 2.96. The van der Waals surface area contributed by atoms with Crippen molar-refractivity contribution in [3.63, 3.8) is 0 Å². The lowest BCUT2D eigenvalue weighted by atomic mass is 10.0. The number of ether oxygens (including phenoxy) is 1. The summed E-state index contributed by atoms with van der Waals surface area (Å²) in [5.74, 6) is -4.53. The van der Waals surface area contributed by atoms with Crippen molar-refractivity contribution >= 4 is 18.1 Å². The summed E-state index contributed by atoms with van der Waals surface area (Å²) in [5, 5.41) is 9.15. The lowest BCUT2D eigenvalue weighted by molar-refractivity contribution is -0.114. The van der Waals surface area contributed by atoms with Crippen LogP contribution in [0, 0.1) is 22.9 Å². The minimum absolute atomic E-state index is 0.305. The molecule has 1 rings (SSSR count). The van der Waals surface area contributed by atoms with E-state index in [1.807, 2.05) is 0 Å². The quantitative estimate of drug-likeness (QED) is 0.643. The highest BCUT2D eigenvalue weighted by atomic mass is 19.2. The Bertz CT molecular complexity index is 627. The molecule has 0 bridgehead atoms. The van der Waals surface area contributed by atoms with E-state index in [1.54, 1.807) is 20.8 Å². The third-order valence-corrected chi connectivity index (χ3v) is 2.69. The van der Waals surface area contributed by atoms with Crippen molar-refractivity contribution in [1.82, 2.24) is 5.32 Å². The van der Waals surface area contributed by atoms with Crippen molar-refractivity contribution in [2.75, 3.05) is 0 Å². The summed E-state index contributed by atoms with van der Waals surface area (Å²) in [6.45, 7) is 4.82. The van der Waals surface area contributed by atoms with Gasteiger partial charge in [-0.15, -0.1) is 0 Å². The molecule has 0 heterocycles. The van der Waals surface area contributed by atoms with Crippen molar-refractivity contribution < 1.29 is 27.5 Å². The zero-order chi connectivity index (χ0) is 17.8. The first-order chi connectivity index (χ1) is 10.5. The number of rotatable bonds is 5. The number of alkyl carbamates (subject to hydrolysis) is 1. The van der Waals surface area contributed by atoms with Crippen LogP contribution in [0.4, 0.5) is 18.0 Å². The highest BCUT2D eigenvalue weighted by Crippen LogP contribution is 2.16. The molecule has 1 aromatic carbocycles. The molecule has 2 N–H and O–H groups in total. The van der Waals surface area contributed by atoms with Crippen LogP contribution < -0.4 is 5.32 Å². The predicted octanol–water partition coefficient (Wildman–Crippen LogP) is 2.76. The molecule has 0 aromatic heterocycles. The van der Waals surface area contributed by atoms with Gasteiger partial charge in [-0.3, -0.25) is 4.79 Å². The summed E-state index contributed by atoms with van der Waals surface area (Å²) in [6, 6.07) is -0.378. The maximum Gasteiger partial charge on any atom is 0.408 e. The molecule has 8 heteroatoms. The van der Waals surface area contributed by atoms with Gasteiger partial charge in [0.15, 0.2) is 17.4 Å². The van der Waals surface area contributed by atoms with E-state index in [0.29, 0.717) is 18.3 Å². The monoisotopic (exact) mass is 330 g/mol. The lowest BCUT2D eigenvalue weighted by Gasteiger charge is -2.22. The van der Waals surface area contributed by atoms with E-state index in [2.05, 4.69) is 5.32 Å². The number of carbonyl (C=O) groups excluding carboxylic acids is 2. The van der Waals surface area contributed by atoms with Gasteiger partial charge in [0.1, 0.15) is 17.5 Å². The lowest BCUT2D eigenvalue weighted by Crippen LogP contribution is -2.45. The van der Waals surface area contributed by atoms with E-state index in [4.69, 9.17) is 10.1 Å². The Hall–Kier alpha value is -2.38. The molecular formula is C15H17F3N2O3. The highest BCUT2D eigenvalue weighted by Gasteiger charge is 2.25. The van der Waals surface area contributed by atoms with Gasteiger partial charge in [0.05, 0.1) is 6.21 Å². The summed E-state index contributed by atoms with van der Waals surface area (Å²) in [6.07, 6.45) is -0.947. The number of hydrogen-bond donors (Lipinski definition) is 2. The molecule has 0 saturated heterocycles. The zero-order valence-corrected chi connectivity index (χ0v) is 12.9. The van der Waals surface area contributed by atoms with Crippen LogP contribution in [0.15, 0.2) is 12.1 Å². The van der Waals surface area contributed by atoms with E-state index in [1.165, 1.54) is 0 Å². The Labute approximate surface area is 131 Å². The average molecular weight is 330 g/mol. The van der Waals surface area contributed by atoms with Crippen LogP contribution in [-0.2, 0) is 16.0 Å². The molecule has 0 saturated carbocycles. The summed E-state index contributed by atoms with van der Waals surface area (Å²) < 4.78 is 44.7. The molecule has 0 fully saturated rings. The van der Waals surface area contributed by atoms with Crippen LogP contribution in [-0.4, -0.2) is 29.7 Å². The Morgan fingerprint density at radius 3 is 2.30 bits per heavy atom. The molecule has 0 radical (unpaired) electrons. The first-order valence-electron chi connectivity index (χ1n) is 6.70. The fourth-order valence-corrected chi connectivity index (χ4v) is 1.71. The van der Waals surface area contributed by atoms with Gasteiger partial charge in [-0.1, -0.05) is 0 Å². The Morgan fingerprint density at radius 2 is 1.78 bits per heavy atom. The topological polar surface area (TPSA) is 79.2 Å². The first kappa shape index (κ1) is 18.7. The second-order valence-electron chi connectivity index (χ2n) is 5.81. The van der Waals surface area contributed by atoms with Crippen molar-refractivity contribution in [3.05, 3.63) is 35.1 Å². The number of Topliss-reactive ketones (excluding diaryl/α,β-unsaturated/α-hetero) is 1. The minimum atomic E-state index is -1.36. The van der Waals surface area contributed by atoms with E-state index in [-0.39, 0.29) is 5.56 Å². The smallest absolute Gasteiger partial charge is 0.408 e. The summed E-state index contributed by atoms with van der Waals surface area (Å²) in [4.78, 5) is 23.4. The van der Waals surface area contributed by atoms with Crippen molar-refractivity contribution in [2.24, 2.45) is 0 Å². The largest absolute Gasteiger partial charge is 0.444 e. The highest BCUT2D eigenvalue weighted by molar-refractivity contribution is 6.29. The van der Waals surface area contributed by atoms with Crippen LogP contribution in [0.3, 0.4) is 0 Å². The van der Waals surface area contributed by atoms with Gasteiger partial charge in [-0.25, -0.2) is 18.0 Å². The van der Waals surface area contributed by atoms with Crippen molar-refractivity contribution in [3.8, 4) is 0 Å². The average Bonchev–Trinajstić information content (AvgIpc) is 2.40. The number of hydrogen-bond acceptors (Lipinski definition) is 4. The molecule has 0 aliphatic heterocycles. The number of carbonyl (C=O) groups is 2. The number of nitrogens with one attached hydrogen (secondary N) is 2. The summed E-state index contributed by atoms with van der Waals surface area (Å²) in [5.41, 5.74) is -1.13. The first-order valence-corrected chi connectivity index (χ1v) is 6.70. The number of halogens is 3. The molecule has 23 heavy (non-hydrogen) atoms. The number of amides is 1. The van der Waals surface area contributed by atoms with E-state index >= 15 is 0 Å². The molecule has 1 unspecified atom stereocenters. The van der Waals surface area contributed by atoms with Crippen LogP contribution in [0.5, 0.6) is 0 Å². The maximum atomic E-state index is 13.6. The standard InChI is InChI=1S/C15H17F3N2O3/c1-15(2,3)23-14(22)20-12(13(21)7-19)5-8-4-10(17)11(18)6-9(8)16/h4,6-7,12,19H,5H2,1-3H3,(H,20,22). The van der Waals surface area contributed by atoms with Crippen molar-refractivity contribution in [2.45, 2.75) is 38.8 Å². The maximum absolute atomic E-state index is 13.6. The molecule has 1 amide bonds. The van der Waals surface area contributed by atoms with Crippen LogP contribution in [0.25, 0.3) is 0 Å². The molecule has 0 spiro atoms. The third-order valence-electron chi connectivity index (χ3n) is 2.69. The van der Waals surface area contributed by atoms with Crippen LogP contribution in [0.1, 0.15) is 26.3 Å². The predicted molar refractivity (Wildman–Crippen MR) is 77.0 cm³/mol. The molecule has 0 aliphatic carbocycles. The zero-order valence-electron chi connectivity index (χ0n) is 12.9. The van der Waals surface area contributed by atoms with Crippen LogP contribution >= 0.6 is 0 Å². The van der Waals surface area contributed by atoms with Crippen molar-refractivity contribution in [1.29, 1.82) is 5.41 Å². The van der Waals surface area contributed by atoms with E-state index < -0.39 is 47.4 Å². The van der Waals surface area contributed by atoms with E-state index in [0.717, 1.165) is 0 Å². The fourth-order valence-electron chi connectivity index (χ4n) is 1.71. The van der Waals surface area contributed by atoms with Gasteiger partial charge < -0.3 is 15.5 Å². The molecule has 1 aromatic rings. The summed E-state index contributed by atoms with van der Waals surface area (Å²) in [7, 11) is 0. The number of ketones is 1. The molecule has 5 nitrogen and oxygen atoms in total.